The molecule has 0 unspecified atom stereocenters. The van der Waals surface area contributed by atoms with Gasteiger partial charge in [0.1, 0.15) is 13.2 Å². The van der Waals surface area contributed by atoms with Gasteiger partial charge < -0.3 is 9.47 Å². The van der Waals surface area contributed by atoms with Crippen molar-refractivity contribution in [1.29, 1.82) is 0 Å². The van der Waals surface area contributed by atoms with Crippen LogP contribution in [0.25, 0.3) is 0 Å². The molecule has 162 valence electrons. The number of hydrogen-bond acceptors (Lipinski definition) is 5. The third-order valence-electron chi connectivity index (χ3n) is 3.84. The molecule has 0 saturated heterocycles. The summed E-state index contributed by atoms with van der Waals surface area (Å²) in [6, 6.07) is 7.71. The molecular formula is C19H15I6NO4. The molecule has 0 radical (unpaired) electrons. The maximum absolute atomic E-state index is 12.4. The summed E-state index contributed by atoms with van der Waals surface area (Å²) in [7, 11) is 1.90. The van der Waals surface area contributed by atoms with Gasteiger partial charge in [0.25, 0.3) is 0 Å². The van der Waals surface area contributed by atoms with E-state index in [1.54, 1.807) is 0 Å². The zero-order valence-electron chi connectivity index (χ0n) is 15.5. The van der Waals surface area contributed by atoms with Gasteiger partial charge in [0.05, 0.1) is 11.1 Å². The minimum Gasteiger partial charge on any atom is -0.461 e. The first-order valence-corrected chi connectivity index (χ1v) is 14.9. The van der Waals surface area contributed by atoms with Crippen molar-refractivity contribution in [1.82, 2.24) is 4.90 Å². The van der Waals surface area contributed by atoms with Gasteiger partial charge >= 0.3 is 11.9 Å². The van der Waals surface area contributed by atoms with Crippen LogP contribution >= 0.6 is 136 Å². The van der Waals surface area contributed by atoms with Crippen molar-refractivity contribution in [2.75, 3.05) is 33.4 Å². The Kier molecular flexibility index (Phi) is 12.6. The van der Waals surface area contributed by atoms with Crippen molar-refractivity contribution in [2.45, 2.75) is 0 Å². The fourth-order valence-corrected chi connectivity index (χ4v) is 7.02. The van der Waals surface area contributed by atoms with Crippen LogP contribution in [0.2, 0.25) is 0 Å². The smallest absolute Gasteiger partial charge is 0.339 e. The average Bonchev–Trinajstić information content (AvgIpc) is 2.67. The van der Waals surface area contributed by atoms with E-state index in [-0.39, 0.29) is 25.2 Å². The summed E-state index contributed by atoms with van der Waals surface area (Å²) in [5, 5.41) is 0. The monoisotopic (exact) mass is 1080 g/mol. The van der Waals surface area contributed by atoms with Crippen molar-refractivity contribution >= 4 is 147 Å². The van der Waals surface area contributed by atoms with E-state index in [2.05, 4.69) is 136 Å². The summed E-state index contributed by atoms with van der Waals surface area (Å²) in [5.74, 6) is -0.642. The molecule has 5 nitrogen and oxygen atoms in total. The van der Waals surface area contributed by atoms with Crippen LogP contribution in [0.15, 0.2) is 24.3 Å². The molecule has 0 aliphatic heterocycles. The Morgan fingerprint density at radius 2 is 1.10 bits per heavy atom. The molecule has 0 heterocycles. The number of rotatable bonds is 8. The van der Waals surface area contributed by atoms with Crippen molar-refractivity contribution in [3.63, 3.8) is 0 Å². The first kappa shape index (κ1) is 28.0. The summed E-state index contributed by atoms with van der Waals surface area (Å²) in [6.07, 6.45) is 0. The minimum absolute atomic E-state index is 0.272. The number of nitrogens with zero attached hydrogens (tertiary/aromatic N) is 1. The summed E-state index contributed by atoms with van der Waals surface area (Å²) in [6.45, 7) is 1.65. The molecule has 30 heavy (non-hydrogen) atoms. The molecule has 0 bridgehead atoms. The number of carbonyl (C=O) groups excluding carboxylic acids is 2. The second-order valence-corrected chi connectivity index (χ2v) is 13.0. The third-order valence-corrected chi connectivity index (χ3v) is 11.2. The number of esters is 2. The molecule has 0 spiro atoms. The zero-order chi connectivity index (χ0) is 22.4. The highest BCUT2D eigenvalue weighted by Gasteiger charge is 2.17. The van der Waals surface area contributed by atoms with Gasteiger partial charge in [0.2, 0.25) is 0 Å². The first-order valence-electron chi connectivity index (χ1n) is 8.42. The number of ether oxygens (including phenoxy) is 2. The molecule has 0 saturated carbocycles. The molecule has 0 aromatic heterocycles. The molecule has 11 heteroatoms. The number of hydrogen-bond donors (Lipinski definition) is 0. The van der Waals surface area contributed by atoms with E-state index in [1.165, 1.54) is 0 Å². The van der Waals surface area contributed by atoms with Crippen molar-refractivity contribution in [2.24, 2.45) is 0 Å². The van der Waals surface area contributed by atoms with Crippen LogP contribution in [0.5, 0.6) is 0 Å². The standard InChI is InChI=1S/C19H15I6NO4/c1-26(2-4-29-18(27)12-6-10(20)8-14(22)16(12)24)3-5-30-19(28)13-7-11(21)9-15(23)17(13)25/h6-9H,2-5H2,1H3. The van der Waals surface area contributed by atoms with Gasteiger partial charge in [-0.25, -0.2) is 9.59 Å². The molecular weight excluding hydrogens is 1070 g/mol. The van der Waals surface area contributed by atoms with E-state index in [1.807, 2.05) is 36.2 Å². The van der Waals surface area contributed by atoms with Gasteiger partial charge in [0.15, 0.2) is 0 Å². The quantitative estimate of drug-likeness (QED) is 0.178. The Bertz CT molecular complexity index is 878. The topological polar surface area (TPSA) is 55.8 Å². The van der Waals surface area contributed by atoms with Crippen LogP contribution in [0.3, 0.4) is 0 Å². The highest BCUT2D eigenvalue weighted by Crippen LogP contribution is 2.24. The van der Waals surface area contributed by atoms with E-state index >= 15 is 0 Å². The molecule has 0 aliphatic rings. The summed E-state index contributed by atoms with van der Waals surface area (Å²) in [4.78, 5) is 26.7. The lowest BCUT2D eigenvalue weighted by Gasteiger charge is -2.17. The largest absolute Gasteiger partial charge is 0.461 e. The van der Waals surface area contributed by atoms with Crippen LogP contribution in [0.1, 0.15) is 20.7 Å². The van der Waals surface area contributed by atoms with Gasteiger partial charge in [-0.2, -0.15) is 0 Å². The second kappa shape index (κ2) is 13.6. The van der Waals surface area contributed by atoms with Crippen molar-refractivity contribution in [3.8, 4) is 0 Å². The predicted octanol–water partition coefficient (Wildman–Crippen LogP) is 6.26. The van der Waals surface area contributed by atoms with Gasteiger partial charge in [0, 0.05) is 34.5 Å². The lowest BCUT2D eigenvalue weighted by atomic mass is 10.2. The van der Waals surface area contributed by atoms with Crippen LogP contribution < -0.4 is 0 Å². The van der Waals surface area contributed by atoms with Crippen LogP contribution in [-0.4, -0.2) is 50.2 Å². The third kappa shape index (κ3) is 8.49. The van der Waals surface area contributed by atoms with E-state index < -0.39 is 0 Å². The molecule has 2 aromatic carbocycles. The molecule has 0 amide bonds. The minimum atomic E-state index is -0.321. The lowest BCUT2D eigenvalue weighted by Crippen LogP contribution is -2.28. The van der Waals surface area contributed by atoms with Gasteiger partial charge in [-0.15, -0.1) is 0 Å². The Labute approximate surface area is 257 Å². The first-order chi connectivity index (χ1) is 14.1. The Balaban J connectivity index is 1.77. The number of likely N-dealkylation sites (N-methyl/N-ethyl adjacent to an activating group) is 1. The van der Waals surface area contributed by atoms with Gasteiger partial charge in [-0.05, 0) is 167 Å². The normalized spacial score (nSPS) is 10.9. The molecule has 2 aromatic rings. The Morgan fingerprint density at radius 1 is 0.733 bits per heavy atom. The zero-order valence-corrected chi connectivity index (χ0v) is 28.4. The van der Waals surface area contributed by atoms with Gasteiger partial charge in [-0.1, -0.05) is 0 Å². The molecule has 0 aliphatic carbocycles. The summed E-state index contributed by atoms with van der Waals surface area (Å²) in [5.41, 5.74) is 1.18. The van der Waals surface area contributed by atoms with E-state index in [0.717, 1.165) is 21.4 Å². The van der Waals surface area contributed by atoms with E-state index in [9.17, 15) is 9.59 Å². The van der Waals surface area contributed by atoms with Crippen molar-refractivity contribution in [3.05, 3.63) is 56.8 Å². The maximum atomic E-state index is 12.4. The predicted molar refractivity (Wildman–Crippen MR) is 167 cm³/mol. The van der Waals surface area contributed by atoms with E-state index in [0.29, 0.717) is 24.2 Å². The molecule has 0 fully saturated rings. The number of halogens is 6. The number of benzene rings is 2. The average molecular weight is 1080 g/mol. The molecule has 2 rings (SSSR count). The summed E-state index contributed by atoms with van der Waals surface area (Å²) < 4.78 is 16.7. The second-order valence-electron chi connectivity index (χ2n) is 6.07. The number of carbonyl (C=O) groups is 2. The van der Waals surface area contributed by atoms with Crippen molar-refractivity contribution < 1.29 is 19.1 Å². The maximum Gasteiger partial charge on any atom is 0.339 e. The van der Waals surface area contributed by atoms with Crippen LogP contribution in [0.4, 0.5) is 0 Å². The highest BCUT2D eigenvalue weighted by atomic mass is 127. The fraction of sp³-hybridized carbons (Fsp3) is 0.263. The lowest BCUT2D eigenvalue weighted by molar-refractivity contribution is 0.0418. The fourth-order valence-electron chi connectivity index (χ4n) is 2.26. The van der Waals surface area contributed by atoms with Gasteiger partial charge in [-0.3, -0.25) is 4.90 Å². The van der Waals surface area contributed by atoms with E-state index in [4.69, 9.17) is 9.47 Å². The highest BCUT2D eigenvalue weighted by molar-refractivity contribution is 14.1. The van der Waals surface area contributed by atoms with Crippen LogP contribution in [-0.2, 0) is 9.47 Å². The SMILES string of the molecule is CN(CCOC(=O)c1cc(I)cc(I)c1I)CCOC(=O)c1cc(I)cc(I)c1I. The summed E-state index contributed by atoms with van der Waals surface area (Å²) >= 11 is 13.1. The van der Waals surface area contributed by atoms with Crippen LogP contribution in [0, 0.1) is 21.4 Å². The molecule has 0 N–H and O–H groups in total. The Hall–Kier alpha value is 1.72. The molecule has 0 atom stereocenters. The Morgan fingerprint density at radius 3 is 1.47 bits per heavy atom.